The van der Waals surface area contributed by atoms with Gasteiger partial charge < -0.3 is 20.7 Å². The van der Waals surface area contributed by atoms with Crippen LogP contribution in [0.25, 0.3) is 0 Å². The standard InChI is InChI=1S/C22H24FN3O3/c1-22(21(24)28)12-17-15(13-27)5-6-18(23)19(17)25-20(22)14-3-2-4-16(11-14)26-7-9-29-10-8-26/h2-6,11,13,20,25H,7-10,12H2,1H3,(H2,24,28). The minimum Gasteiger partial charge on any atom is -0.378 e. The number of benzene rings is 2. The normalized spacial score (nSPS) is 23.8. The van der Waals surface area contributed by atoms with E-state index in [9.17, 15) is 14.0 Å². The third-order valence-electron chi connectivity index (χ3n) is 6.04. The minimum absolute atomic E-state index is 0.183. The first-order valence-electron chi connectivity index (χ1n) is 9.69. The predicted molar refractivity (Wildman–Crippen MR) is 109 cm³/mol. The van der Waals surface area contributed by atoms with Gasteiger partial charge in [-0.3, -0.25) is 9.59 Å². The van der Waals surface area contributed by atoms with Crippen LogP contribution in [-0.4, -0.2) is 38.5 Å². The zero-order valence-corrected chi connectivity index (χ0v) is 16.3. The van der Waals surface area contributed by atoms with Crippen molar-refractivity contribution in [1.82, 2.24) is 0 Å². The number of nitrogens with zero attached hydrogens (tertiary/aromatic N) is 1. The fourth-order valence-corrected chi connectivity index (χ4v) is 4.27. The van der Waals surface area contributed by atoms with Crippen molar-refractivity contribution in [1.29, 1.82) is 0 Å². The van der Waals surface area contributed by atoms with Crippen molar-refractivity contribution in [2.45, 2.75) is 19.4 Å². The summed E-state index contributed by atoms with van der Waals surface area (Å²) in [6.07, 6.45) is 0.865. The number of halogens is 1. The summed E-state index contributed by atoms with van der Waals surface area (Å²) in [7, 11) is 0. The van der Waals surface area contributed by atoms with Crippen LogP contribution < -0.4 is 16.0 Å². The highest BCUT2D eigenvalue weighted by Crippen LogP contribution is 2.47. The molecule has 0 spiro atoms. The second kappa shape index (κ2) is 7.48. The molecule has 2 heterocycles. The molecule has 6 nitrogen and oxygen atoms in total. The van der Waals surface area contributed by atoms with Crippen molar-refractivity contribution < 1.29 is 18.7 Å². The number of carbonyl (C=O) groups is 2. The summed E-state index contributed by atoms with van der Waals surface area (Å²) in [4.78, 5) is 26.2. The van der Waals surface area contributed by atoms with E-state index in [1.807, 2.05) is 24.3 Å². The van der Waals surface area contributed by atoms with E-state index >= 15 is 0 Å². The van der Waals surface area contributed by atoms with Crippen molar-refractivity contribution in [3.8, 4) is 0 Å². The van der Waals surface area contributed by atoms with Gasteiger partial charge in [-0.15, -0.1) is 0 Å². The van der Waals surface area contributed by atoms with Crippen molar-refractivity contribution in [2.24, 2.45) is 11.1 Å². The molecule has 2 aliphatic heterocycles. The molecular formula is C22H24FN3O3. The number of rotatable bonds is 4. The number of carbonyl (C=O) groups excluding carboxylic acids is 2. The molecule has 0 saturated carbocycles. The number of primary amides is 1. The smallest absolute Gasteiger partial charge is 0.226 e. The molecule has 7 heteroatoms. The summed E-state index contributed by atoms with van der Waals surface area (Å²) < 4.78 is 20.0. The lowest BCUT2D eigenvalue weighted by Gasteiger charge is -2.42. The Labute approximate surface area is 168 Å². The number of ether oxygens (including phenoxy) is 1. The Hall–Kier alpha value is -2.93. The first kappa shape index (κ1) is 19.4. The van der Waals surface area contributed by atoms with Crippen LogP contribution in [0.5, 0.6) is 0 Å². The first-order valence-corrected chi connectivity index (χ1v) is 9.69. The van der Waals surface area contributed by atoms with Gasteiger partial charge in [-0.2, -0.15) is 0 Å². The lowest BCUT2D eigenvalue weighted by Crippen LogP contribution is -2.47. The summed E-state index contributed by atoms with van der Waals surface area (Å²) in [5.74, 6) is -0.954. The largest absolute Gasteiger partial charge is 0.378 e. The van der Waals surface area contributed by atoms with Gasteiger partial charge in [0.15, 0.2) is 0 Å². The summed E-state index contributed by atoms with van der Waals surface area (Å²) in [6.45, 7) is 4.66. The summed E-state index contributed by atoms with van der Waals surface area (Å²) in [5, 5.41) is 3.18. The Morgan fingerprint density at radius 1 is 1.31 bits per heavy atom. The van der Waals surface area contributed by atoms with Crippen LogP contribution in [-0.2, 0) is 16.0 Å². The molecule has 2 unspecified atom stereocenters. The molecule has 0 aromatic heterocycles. The number of morpholine rings is 1. The fourth-order valence-electron chi connectivity index (χ4n) is 4.27. The lowest BCUT2D eigenvalue weighted by atomic mass is 9.70. The maximum Gasteiger partial charge on any atom is 0.226 e. The van der Waals surface area contributed by atoms with E-state index in [4.69, 9.17) is 10.5 Å². The van der Waals surface area contributed by atoms with Crippen LogP contribution in [0, 0.1) is 11.2 Å². The van der Waals surface area contributed by atoms with Crippen molar-refractivity contribution in [2.75, 3.05) is 36.5 Å². The topological polar surface area (TPSA) is 84.7 Å². The number of amides is 1. The molecule has 1 saturated heterocycles. The number of fused-ring (bicyclic) bond motifs is 1. The van der Waals surface area contributed by atoms with Gasteiger partial charge in [0.25, 0.3) is 0 Å². The quantitative estimate of drug-likeness (QED) is 0.775. The molecule has 0 bridgehead atoms. The second-order valence-electron chi connectivity index (χ2n) is 7.84. The molecule has 3 N–H and O–H groups in total. The molecule has 2 aromatic rings. The van der Waals surface area contributed by atoms with E-state index in [1.54, 1.807) is 6.92 Å². The van der Waals surface area contributed by atoms with Crippen molar-refractivity contribution in [3.63, 3.8) is 0 Å². The van der Waals surface area contributed by atoms with Crippen LogP contribution in [0.15, 0.2) is 36.4 Å². The minimum atomic E-state index is -1.03. The Morgan fingerprint density at radius 2 is 2.07 bits per heavy atom. The average Bonchev–Trinajstić information content (AvgIpc) is 2.74. The highest BCUT2D eigenvalue weighted by molar-refractivity contribution is 5.87. The van der Waals surface area contributed by atoms with Gasteiger partial charge in [0.1, 0.15) is 12.1 Å². The van der Waals surface area contributed by atoms with Crippen molar-refractivity contribution in [3.05, 3.63) is 58.9 Å². The zero-order chi connectivity index (χ0) is 20.6. The number of hydrogen-bond acceptors (Lipinski definition) is 5. The SMILES string of the molecule is CC1(C(N)=O)Cc2c(C=O)ccc(F)c2NC1c1cccc(N2CCOCC2)c1. The second-order valence-corrected chi connectivity index (χ2v) is 7.84. The van der Waals surface area contributed by atoms with Gasteiger partial charge in [-0.25, -0.2) is 4.39 Å². The van der Waals surface area contributed by atoms with Crippen LogP contribution in [0.3, 0.4) is 0 Å². The van der Waals surface area contributed by atoms with Gasteiger partial charge in [0, 0.05) is 24.3 Å². The Balaban J connectivity index is 1.78. The van der Waals surface area contributed by atoms with E-state index in [0.29, 0.717) is 30.6 Å². The van der Waals surface area contributed by atoms with Crippen LogP contribution in [0.4, 0.5) is 15.8 Å². The van der Waals surface area contributed by atoms with Crippen molar-refractivity contribution >= 4 is 23.6 Å². The van der Waals surface area contributed by atoms with Gasteiger partial charge in [-0.05, 0) is 48.7 Å². The molecular weight excluding hydrogens is 373 g/mol. The zero-order valence-electron chi connectivity index (χ0n) is 16.3. The lowest BCUT2D eigenvalue weighted by molar-refractivity contribution is -0.127. The Bertz CT molecular complexity index is 958. The Kier molecular flexibility index (Phi) is 5.00. The molecule has 2 aromatic carbocycles. The first-order chi connectivity index (χ1) is 13.9. The highest BCUT2D eigenvalue weighted by atomic mass is 19.1. The van der Waals surface area contributed by atoms with Gasteiger partial charge >= 0.3 is 0 Å². The van der Waals surface area contributed by atoms with E-state index in [-0.39, 0.29) is 12.1 Å². The third-order valence-corrected chi connectivity index (χ3v) is 6.04. The molecule has 1 fully saturated rings. The van der Waals surface area contributed by atoms with Gasteiger partial charge in [-0.1, -0.05) is 12.1 Å². The van der Waals surface area contributed by atoms with Crippen LogP contribution in [0.1, 0.15) is 34.5 Å². The molecule has 0 aliphatic carbocycles. The molecule has 2 atom stereocenters. The summed E-state index contributed by atoms with van der Waals surface area (Å²) in [6, 6.07) is 10.0. The monoisotopic (exact) mass is 397 g/mol. The number of hydrogen-bond donors (Lipinski definition) is 2. The Morgan fingerprint density at radius 3 is 2.76 bits per heavy atom. The fraction of sp³-hybridized carbons (Fsp3) is 0.364. The van der Waals surface area contributed by atoms with Gasteiger partial charge in [0.2, 0.25) is 5.91 Å². The number of anilines is 2. The molecule has 0 radical (unpaired) electrons. The number of aldehydes is 1. The van der Waals surface area contributed by atoms with Crippen LogP contribution in [0.2, 0.25) is 0 Å². The van der Waals surface area contributed by atoms with Gasteiger partial charge in [0.05, 0.1) is 30.4 Å². The maximum absolute atomic E-state index is 14.6. The summed E-state index contributed by atoms with van der Waals surface area (Å²) >= 11 is 0. The number of nitrogens with two attached hydrogens (primary N) is 1. The predicted octanol–water partition coefficient (Wildman–Crippen LogP) is 2.68. The van der Waals surface area contributed by atoms with E-state index in [1.165, 1.54) is 12.1 Å². The highest BCUT2D eigenvalue weighted by Gasteiger charge is 2.46. The molecule has 4 rings (SSSR count). The van der Waals surface area contributed by atoms with E-state index in [2.05, 4.69) is 10.2 Å². The molecule has 1 amide bonds. The number of nitrogens with one attached hydrogen (secondary N) is 1. The van der Waals surface area contributed by atoms with E-state index in [0.717, 1.165) is 24.3 Å². The van der Waals surface area contributed by atoms with E-state index < -0.39 is 23.2 Å². The summed E-state index contributed by atoms with van der Waals surface area (Å²) in [5.41, 5.74) is 7.76. The average molecular weight is 397 g/mol. The van der Waals surface area contributed by atoms with Crippen LogP contribution >= 0.6 is 0 Å². The third kappa shape index (κ3) is 3.35. The molecule has 2 aliphatic rings. The molecule has 29 heavy (non-hydrogen) atoms. The molecule has 152 valence electrons. The maximum atomic E-state index is 14.6.